The molecule has 1 N–H and O–H groups in total. The Morgan fingerprint density at radius 2 is 1.87 bits per heavy atom. The number of hydrogen-bond acceptors (Lipinski definition) is 5. The van der Waals surface area contributed by atoms with Gasteiger partial charge in [0.1, 0.15) is 6.54 Å². The lowest BCUT2D eigenvalue weighted by Crippen LogP contribution is -2.47. The Kier molecular flexibility index (Phi) is 7.82. The molecule has 3 rings (SSSR count). The number of carbonyl (C=O) groups is 2. The van der Waals surface area contributed by atoms with Crippen LogP contribution in [0.5, 0.6) is 0 Å². The highest BCUT2D eigenvalue weighted by Crippen LogP contribution is 2.30. The van der Waals surface area contributed by atoms with Gasteiger partial charge in [0.2, 0.25) is 5.91 Å². The topological polar surface area (TPSA) is 61.9 Å². The van der Waals surface area contributed by atoms with Gasteiger partial charge in [0.15, 0.2) is 0 Å². The molecule has 162 valence electrons. The van der Waals surface area contributed by atoms with Crippen molar-refractivity contribution in [1.82, 2.24) is 15.1 Å². The quantitative estimate of drug-likeness (QED) is 0.677. The minimum absolute atomic E-state index is 0.0680. The number of carbonyl (C=O) groups excluding carboxylic acids is 2. The van der Waals surface area contributed by atoms with Gasteiger partial charge in [-0.2, -0.15) is 0 Å². The Bertz CT molecular complexity index is 856. The molecule has 30 heavy (non-hydrogen) atoms. The monoisotopic (exact) mass is 411 g/mol. The Balaban J connectivity index is 1.50. The Labute approximate surface area is 179 Å². The van der Waals surface area contributed by atoms with E-state index >= 15 is 0 Å². The summed E-state index contributed by atoms with van der Waals surface area (Å²) < 4.78 is 4.84. The second kappa shape index (κ2) is 10.5. The van der Waals surface area contributed by atoms with Gasteiger partial charge in [0, 0.05) is 25.2 Å². The first-order valence-corrected chi connectivity index (χ1v) is 10.8. The van der Waals surface area contributed by atoms with Crippen molar-refractivity contribution in [2.24, 2.45) is 0 Å². The van der Waals surface area contributed by atoms with Crippen LogP contribution < -0.4 is 5.32 Å². The van der Waals surface area contributed by atoms with E-state index in [0.29, 0.717) is 25.2 Å². The molecule has 1 heterocycles. The van der Waals surface area contributed by atoms with Crippen LogP contribution in [0.4, 0.5) is 0 Å². The molecule has 0 bridgehead atoms. The number of rotatable bonds is 8. The summed E-state index contributed by atoms with van der Waals surface area (Å²) in [5, 5.41) is 5.24. The molecular weight excluding hydrogens is 378 g/mol. The first kappa shape index (κ1) is 22.2. The van der Waals surface area contributed by atoms with Gasteiger partial charge in [-0.15, -0.1) is 0 Å². The molecule has 0 radical (unpaired) electrons. The third kappa shape index (κ3) is 5.58. The number of benzene rings is 2. The third-order valence-corrected chi connectivity index (χ3v) is 6.07. The van der Waals surface area contributed by atoms with Crippen LogP contribution >= 0.6 is 0 Å². The minimum Gasteiger partial charge on any atom is -0.465 e. The molecular formula is C24H33N3O3. The Morgan fingerprint density at radius 1 is 1.17 bits per heavy atom. The maximum atomic E-state index is 12.1. The average Bonchev–Trinajstić information content (AvgIpc) is 2.77. The van der Waals surface area contributed by atoms with Crippen LogP contribution in [0.25, 0.3) is 10.8 Å². The highest BCUT2D eigenvalue weighted by molar-refractivity contribution is 5.86. The van der Waals surface area contributed by atoms with E-state index in [2.05, 4.69) is 64.5 Å². The number of ether oxygens (including phenoxy) is 1. The third-order valence-electron chi connectivity index (χ3n) is 6.07. The summed E-state index contributed by atoms with van der Waals surface area (Å²) in [4.78, 5) is 28.1. The number of hydrogen-bond donors (Lipinski definition) is 1. The lowest BCUT2D eigenvalue weighted by atomic mass is 9.96. The van der Waals surface area contributed by atoms with Crippen LogP contribution in [0.1, 0.15) is 38.3 Å². The number of piperidine rings is 1. The highest BCUT2D eigenvalue weighted by atomic mass is 16.5. The van der Waals surface area contributed by atoms with Crippen molar-refractivity contribution < 1.29 is 14.3 Å². The van der Waals surface area contributed by atoms with E-state index in [1.807, 2.05) is 7.05 Å². The molecule has 2 aromatic rings. The summed E-state index contributed by atoms with van der Waals surface area (Å²) in [7, 11) is 1.98. The molecule has 1 atom stereocenters. The van der Waals surface area contributed by atoms with Gasteiger partial charge in [-0.05, 0) is 50.1 Å². The van der Waals surface area contributed by atoms with E-state index in [4.69, 9.17) is 4.74 Å². The van der Waals surface area contributed by atoms with Crippen LogP contribution in [-0.4, -0.2) is 67.6 Å². The van der Waals surface area contributed by atoms with E-state index < -0.39 is 5.97 Å². The lowest BCUT2D eigenvalue weighted by molar-refractivity contribution is -0.143. The van der Waals surface area contributed by atoms with E-state index in [-0.39, 0.29) is 12.5 Å². The standard InChI is InChI=1S/C24H33N3O3/c1-4-30-24(29)16-25-23(28)17-26(3)20-12-14-27(15-13-20)18(2)21-11-7-9-19-8-5-6-10-22(19)21/h5-11,18,20H,4,12-17H2,1-3H3,(H,25,28)/t18-/m1/s1. The number of amides is 1. The summed E-state index contributed by atoms with van der Waals surface area (Å²) in [6.45, 7) is 6.60. The molecule has 0 unspecified atom stereocenters. The van der Waals surface area contributed by atoms with Gasteiger partial charge in [0.25, 0.3) is 0 Å². The van der Waals surface area contributed by atoms with Crippen LogP contribution in [0.3, 0.4) is 0 Å². The summed E-state index contributed by atoms with van der Waals surface area (Å²) in [5.74, 6) is -0.540. The van der Waals surface area contributed by atoms with Crippen molar-refractivity contribution in [2.45, 2.75) is 38.8 Å². The first-order valence-electron chi connectivity index (χ1n) is 10.8. The van der Waals surface area contributed by atoms with Crippen molar-refractivity contribution in [3.63, 3.8) is 0 Å². The fraction of sp³-hybridized carbons (Fsp3) is 0.500. The van der Waals surface area contributed by atoms with Gasteiger partial charge in [-0.1, -0.05) is 42.5 Å². The molecule has 0 spiro atoms. The summed E-state index contributed by atoms with van der Waals surface area (Å²) in [5.41, 5.74) is 1.37. The van der Waals surface area contributed by atoms with Gasteiger partial charge in [0.05, 0.1) is 13.2 Å². The molecule has 6 nitrogen and oxygen atoms in total. The zero-order valence-corrected chi connectivity index (χ0v) is 18.3. The van der Waals surface area contributed by atoms with Crippen molar-refractivity contribution in [3.8, 4) is 0 Å². The maximum Gasteiger partial charge on any atom is 0.325 e. The number of nitrogens with one attached hydrogen (secondary N) is 1. The summed E-state index contributed by atoms with van der Waals surface area (Å²) in [6, 6.07) is 15.8. The second-order valence-electron chi connectivity index (χ2n) is 8.01. The molecule has 0 aromatic heterocycles. The summed E-state index contributed by atoms with van der Waals surface area (Å²) in [6.07, 6.45) is 2.05. The molecule has 1 saturated heterocycles. The molecule has 6 heteroatoms. The number of nitrogens with zero attached hydrogens (tertiary/aromatic N) is 2. The Morgan fingerprint density at radius 3 is 2.60 bits per heavy atom. The largest absolute Gasteiger partial charge is 0.465 e. The van der Waals surface area contributed by atoms with Gasteiger partial charge in [-0.25, -0.2) is 0 Å². The molecule has 0 aliphatic carbocycles. The molecule has 1 aliphatic heterocycles. The van der Waals surface area contributed by atoms with E-state index in [0.717, 1.165) is 25.9 Å². The van der Waals surface area contributed by atoms with Crippen molar-refractivity contribution in [3.05, 3.63) is 48.0 Å². The molecule has 1 fully saturated rings. The SMILES string of the molecule is CCOC(=O)CNC(=O)CN(C)C1CCN([C@H](C)c2cccc3ccccc23)CC1. The van der Waals surface area contributed by atoms with Crippen LogP contribution in [0.2, 0.25) is 0 Å². The number of fused-ring (bicyclic) bond motifs is 1. The molecule has 2 aromatic carbocycles. The zero-order chi connectivity index (χ0) is 21.5. The van der Waals surface area contributed by atoms with Gasteiger partial charge in [-0.3, -0.25) is 19.4 Å². The normalized spacial score (nSPS) is 16.5. The first-order chi connectivity index (χ1) is 14.5. The fourth-order valence-electron chi connectivity index (χ4n) is 4.32. The highest BCUT2D eigenvalue weighted by Gasteiger charge is 2.27. The molecule has 0 saturated carbocycles. The lowest BCUT2D eigenvalue weighted by Gasteiger charge is -2.39. The van der Waals surface area contributed by atoms with Gasteiger partial charge < -0.3 is 10.1 Å². The van der Waals surface area contributed by atoms with Crippen LogP contribution in [0.15, 0.2) is 42.5 Å². The molecule has 1 amide bonds. The number of likely N-dealkylation sites (N-methyl/N-ethyl adjacent to an activating group) is 1. The van der Waals surface area contributed by atoms with E-state index in [9.17, 15) is 9.59 Å². The fourth-order valence-corrected chi connectivity index (χ4v) is 4.32. The Hall–Kier alpha value is -2.44. The zero-order valence-electron chi connectivity index (χ0n) is 18.3. The van der Waals surface area contributed by atoms with Crippen molar-refractivity contribution >= 4 is 22.6 Å². The van der Waals surface area contributed by atoms with Crippen LogP contribution in [-0.2, 0) is 14.3 Å². The van der Waals surface area contributed by atoms with Gasteiger partial charge >= 0.3 is 5.97 Å². The van der Waals surface area contributed by atoms with E-state index in [1.54, 1.807) is 6.92 Å². The molecule has 1 aliphatic rings. The predicted octanol–water partition coefficient (Wildman–Crippen LogP) is 2.98. The van der Waals surface area contributed by atoms with Crippen molar-refractivity contribution in [1.29, 1.82) is 0 Å². The maximum absolute atomic E-state index is 12.1. The van der Waals surface area contributed by atoms with Crippen LogP contribution in [0, 0.1) is 0 Å². The van der Waals surface area contributed by atoms with Crippen molar-refractivity contribution in [2.75, 3.05) is 39.8 Å². The summed E-state index contributed by atoms with van der Waals surface area (Å²) >= 11 is 0. The number of esters is 1. The van der Waals surface area contributed by atoms with E-state index in [1.165, 1.54) is 16.3 Å². The second-order valence-corrected chi connectivity index (χ2v) is 8.01. The average molecular weight is 412 g/mol. The smallest absolute Gasteiger partial charge is 0.325 e. The number of likely N-dealkylation sites (tertiary alicyclic amines) is 1. The predicted molar refractivity (Wildman–Crippen MR) is 119 cm³/mol. The minimum atomic E-state index is -0.399.